The minimum Gasteiger partial charge on any atom is -0.381 e. The number of rotatable bonds is 6. The van der Waals surface area contributed by atoms with E-state index in [4.69, 9.17) is 9.47 Å². The SMILES string of the molecule is C[C@H](C(=O)NC[C@H]([C@H]1CCOC1)N1CCOCC1)S(C)(=O)=O. The highest BCUT2D eigenvalue weighted by Gasteiger charge is 2.32. The van der Waals surface area contributed by atoms with Gasteiger partial charge >= 0.3 is 0 Å². The highest BCUT2D eigenvalue weighted by Crippen LogP contribution is 2.21. The van der Waals surface area contributed by atoms with E-state index in [1.165, 1.54) is 6.92 Å². The zero-order valence-electron chi connectivity index (χ0n) is 13.3. The highest BCUT2D eigenvalue weighted by atomic mass is 32.2. The summed E-state index contributed by atoms with van der Waals surface area (Å²) in [5, 5.41) is 1.79. The monoisotopic (exact) mass is 334 g/mol. The zero-order chi connectivity index (χ0) is 16.2. The van der Waals surface area contributed by atoms with Crippen molar-refractivity contribution >= 4 is 15.7 Å². The first-order valence-electron chi connectivity index (χ1n) is 7.75. The maximum atomic E-state index is 12.0. The van der Waals surface area contributed by atoms with Crippen molar-refractivity contribution in [3.8, 4) is 0 Å². The number of ether oxygens (including phenoxy) is 2. The molecule has 0 aliphatic carbocycles. The van der Waals surface area contributed by atoms with Crippen molar-refractivity contribution in [3.63, 3.8) is 0 Å². The molecule has 8 heteroatoms. The fourth-order valence-corrected chi connectivity index (χ4v) is 3.37. The topological polar surface area (TPSA) is 84.9 Å². The van der Waals surface area contributed by atoms with E-state index >= 15 is 0 Å². The van der Waals surface area contributed by atoms with Crippen molar-refractivity contribution in [1.82, 2.24) is 10.2 Å². The van der Waals surface area contributed by atoms with Crippen molar-refractivity contribution in [2.24, 2.45) is 5.92 Å². The molecule has 2 rings (SSSR count). The van der Waals surface area contributed by atoms with E-state index < -0.39 is 21.0 Å². The molecule has 0 aromatic rings. The molecule has 22 heavy (non-hydrogen) atoms. The van der Waals surface area contributed by atoms with Gasteiger partial charge in [0.05, 0.1) is 19.8 Å². The van der Waals surface area contributed by atoms with Crippen molar-refractivity contribution in [3.05, 3.63) is 0 Å². The minimum absolute atomic E-state index is 0.169. The molecule has 7 nitrogen and oxygen atoms in total. The predicted octanol–water partition coefficient (Wildman–Crippen LogP) is -0.727. The number of nitrogens with one attached hydrogen (secondary N) is 1. The molecule has 3 atom stereocenters. The molecule has 0 aromatic heterocycles. The van der Waals surface area contributed by atoms with Crippen LogP contribution in [0.2, 0.25) is 0 Å². The average molecular weight is 334 g/mol. The van der Waals surface area contributed by atoms with Crippen LogP contribution in [0.4, 0.5) is 0 Å². The smallest absolute Gasteiger partial charge is 0.238 e. The van der Waals surface area contributed by atoms with E-state index in [9.17, 15) is 13.2 Å². The number of morpholine rings is 1. The van der Waals surface area contributed by atoms with Gasteiger partial charge in [-0.15, -0.1) is 0 Å². The molecule has 1 N–H and O–H groups in total. The van der Waals surface area contributed by atoms with Gasteiger partial charge in [0.1, 0.15) is 5.25 Å². The Labute approximate surface area is 132 Å². The van der Waals surface area contributed by atoms with E-state index in [0.29, 0.717) is 32.3 Å². The van der Waals surface area contributed by atoms with Gasteiger partial charge in [0, 0.05) is 44.5 Å². The summed E-state index contributed by atoms with van der Waals surface area (Å²) in [7, 11) is -3.36. The summed E-state index contributed by atoms with van der Waals surface area (Å²) in [5.74, 6) is -0.0633. The Bertz CT molecular complexity index is 470. The normalized spacial score (nSPS) is 26.5. The number of carbonyl (C=O) groups is 1. The lowest BCUT2D eigenvalue weighted by molar-refractivity contribution is -0.120. The second kappa shape index (κ2) is 7.72. The molecule has 2 aliphatic heterocycles. The maximum absolute atomic E-state index is 12.0. The predicted molar refractivity (Wildman–Crippen MR) is 82.4 cm³/mol. The van der Waals surface area contributed by atoms with Crippen LogP contribution in [0.15, 0.2) is 0 Å². The van der Waals surface area contributed by atoms with Gasteiger partial charge in [-0.3, -0.25) is 9.69 Å². The number of carbonyl (C=O) groups excluding carboxylic acids is 1. The van der Waals surface area contributed by atoms with Gasteiger partial charge in [-0.2, -0.15) is 0 Å². The summed E-state index contributed by atoms with van der Waals surface area (Å²) in [4.78, 5) is 14.3. The molecule has 0 saturated carbocycles. The van der Waals surface area contributed by atoms with E-state index in [1.807, 2.05) is 0 Å². The first kappa shape index (κ1) is 17.7. The van der Waals surface area contributed by atoms with Gasteiger partial charge < -0.3 is 14.8 Å². The molecule has 1 amide bonds. The largest absolute Gasteiger partial charge is 0.381 e. The molecule has 2 heterocycles. The van der Waals surface area contributed by atoms with Crippen molar-refractivity contribution in [2.75, 3.05) is 52.3 Å². The average Bonchev–Trinajstić information content (AvgIpc) is 3.00. The Morgan fingerprint density at radius 3 is 2.50 bits per heavy atom. The standard InChI is InChI=1S/C14H26N2O5S/c1-11(22(2,18)19)14(17)15-9-13(12-3-6-21-10-12)16-4-7-20-8-5-16/h11-13H,3-10H2,1-2H3,(H,15,17)/t11-,12+,13-/m1/s1. The van der Waals surface area contributed by atoms with E-state index in [0.717, 1.165) is 32.4 Å². The summed E-state index contributed by atoms with van der Waals surface area (Å²) in [6, 6.07) is 0.169. The minimum atomic E-state index is -3.36. The fourth-order valence-electron chi connectivity index (χ4n) is 2.90. The Morgan fingerprint density at radius 2 is 1.95 bits per heavy atom. The third-order valence-electron chi connectivity index (χ3n) is 4.52. The van der Waals surface area contributed by atoms with Gasteiger partial charge in [-0.05, 0) is 13.3 Å². The summed E-state index contributed by atoms with van der Waals surface area (Å²) >= 11 is 0. The van der Waals surface area contributed by atoms with Crippen LogP contribution in [0.1, 0.15) is 13.3 Å². The van der Waals surface area contributed by atoms with Crippen LogP contribution in [-0.2, 0) is 24.1 Å². The van der Waals surface area contributed by atoms with Crippen LogP contribution in [0.25, 0.3) is 0 Å². The molecule has 0 aromatic carbocycles. The molecule has 2 saturated heterocycles. The van der Waals surface area contributed by atoms with Crippen LogP contribution < -0.4 is 5.32 Å². The number of hydrogen-bond acceptors (Lipinski definition) is 6. The second-order valence-electron chi connectivity index (χ2n) is 6.06. The van der Waals surface area contributed by atoms with E-state index in [-0.39, 0.29) is 6.04 Å². The molecule has 0 spiro atoms. The summed E-state index contributed by atoms with van der Waals surface area (Å²) in [6.45, 7) is 6.37. The van der Waals surface area contributed by atoms with Crippen LogP contribution >= 0.6 is 0 Å². The summed E-state index contributed by atoms with van der Waals surface area (Å²) in [6.07, 6.45) is 2.06. The summed E-state index contributed by atoms with van der Waals surface area (Å²) < 4.78 is 33.8. The maximum Gasteiger partial charge on any atom is 0.238 e. The number of hydrogen-bond donors (Lipinski definition) is 1. The first-order valence-corrected chi connectivity index (χ1v) is 9.71. The lowest BCUT2D eigenvalue weighted by Crippen LogP contribution is -2.53. The molecular formula is C14H26N2O5S. The van der Waals surface area contributed by atoms with Gasteiger partial charge in [0.25, 0.3) is 0 Å². The second-order valence-corrected chi connectivity index (χ2v) is 8.42. The fraction of sp³-hybridized carbons (Fsp3) is 0.929. The first-order chi connectivity index (χ1) is 10.4. The van der Waals surface area contributed by atoms with Crippen LogP contribution in [0, 0.1) is 5.92 Å². The number of amides is 1. The van der Waals surface area contributed by atoms with Crippen LogP contribution in [-0.4, -0.2) is 82.8 Å². The van der Waals surface area contributed by atoms with Gasteiger partial charge in [-0.1, -0.05) is 0 Å². The molecule has 0 radical (unpaired) electrons. The highest BCUT2D eigenvalue weighted by molar-refractivity contribution is 7.92. The van der Waals surface area contributed by atoms with Crippen LogP contribution in [0.5, 0.6) is 0 Å². The third-order valence-corrected chi connectivity index (χ3v) is 6.02. The van der Waals surface area contributed by atoms with Gasteiger partial charge in [0.2, 0.25) is 5.91 Å². The molecule has 0 bridgehead atoms. The molecule has 0 unspecified atom stereocenters. The van der Waals surface area contributed by atoms with Crippen LogP contribution in [0.3, 0.4) is 0 Å². The van der Waals surface area contributed by atoms with Gasteiger partial charge in [0.15, 0.2) is 9.84 Å². The van der Waals surface area contributed by atoms with Gasteiger partial charge in [-0.25, -0.2) is 8.42 Å². The number of nitrogens with zero attached hydrogens (tertiary/aromatic N) is 1. The molecular weight excluding hydrogens is 308 g/mol. The Hall–Kier alpha value is -0.700. The molecule has 2 aliphatic rings. The van der Waals surface area contributed by atoms with Crippen molar-refractivity contribution < 1.29 is 22.7 Å². The Morgan fingerprint density at radius 1 is 1.27 bits per heavy atom. The Kier molecular flexibility index (Phi) is 6.19. The van der Waals surface area contributed by atoms with Crippen molar-refractivity contribution in [2.45, 2.75) is 24.6 Å². The summed E-state index contributed by atoms with van der Waals surface area (Å²) in [5.41, 5.74) is 0. The number of sulfone groups is 1. The Balaban J connectivity index is 1.95. The third kappa shape index (κ3) is 4.65. The zero-order valence-corrected chi connectivity index (χ0v) is 14.1. The van der Waals surface area contributed by atoms with E-state index in [1.54, 1.807) is 0 Å². The van der Waals surface area contributed by atoms with Crippen molar-refractivity contribution in [1.29, 1.82) is 0 Å². The lowest BCUT2D eigenvalue weighted by Gasteiger charge is -2.37. The quantitative estimate of drug-likeness (QED) is 0.690. The van der Waals surface area contributed by atoms with E-state index in [2.05, 4.69) is 10.2 Å². The molecule has 2 fully saturated rings. The lowest BCUT2D eigenvalue weighted by atomic mass is 9.97. The molecule has 128 valence electrons.